The fraction of sp³-hybridized carbons (Fsp3) is 1.00. The summed E-state index contributed by atoms with van der Waals surface area (Å²) in [4.78, 5) is 2.71. The van der Waals surface area contributed by atoms with Crippen molar-refractivity contribution in [2.24, 2.45) is 0 Å². The van der Waals surface area contributed by atoms with E-state index in [4.69, 9.17) is 0 Å². The molecule has 0 aliphatic rings. The predicted molar refractivity (Wildman–Crippen MR) is 98.1 cm³/mol. The van der Waals surface area contributed by atoms with E-state index in [1.54, 1.807) is 0 Å². The molecule has 0 unspecified atom stereocenters. The van der Waals surface area contributed by atoms with Crippen LogP contribution in [-0.2, 0) is 0 Å². The van der Waals surface area contributed by atoms with Crippen molar-refractivity contribution in [1.29, 1.82) is 0 Å². The highest BCUT2D eigenvalue weighted by atomic mass is 15.2. The van der Waals surface area contributed by atoms with Crippen LogP contribution in [0.2, 0.25) is 0 Å². The average Bonchev–Trinajstić information content (AvgIpc) is 2.42. The Morgan fingerprint density at radius 2 is 0.857 bits per heavy atom. The Morgan fingerprint density at radius 1 is 0.524 bits per heavy atom. The summed E-state index contributed by atoms with van der Waals surface area (Å²) in [6.45, 7) is 14.3. The Kier molecular flexibility index (Phi) is 13.6. The van der Waals surface area contributed by atoms with E-state index in [0.717, 1.165) is 0 Å². The lowest BCUT2D eigenvalue weighted by Gasteiger charge is -2.36. The van der Waals surface area contributed by atoms with Gasteiger partial charge in [0, 0.05) is 5.54 Å². The van der Waals surface area contributed by atoms with E-state index in [-0.39, 0.29) is 0 Å². The van der Waals surface area contributed by atoms with Crippen LogP contribution in [-0.4, -0.2) is 23.5 Å². The van der Waals surface area contributed by atoms with Crippen LogP contribution in [0.3, 0.4) is 0 Å². The average molecular weight is 298 g/mol. The molecule has 0 amide bonds. The zero-order valence-electron chi connectivity index (χ0n) is 15.8. The van der Waals surface area contributed by atoms with Gasteiger partial charge in [-0.15, -0.1) is 0 Å². The van der Waals surface area contributed by atoms with Crippen LogP contribution in [0.25, 0.3) is 0 Å². The van der Waals surface area contributed by atoms with Gasteiger partial charge in [-0.3, -0.25) is 4.90 Å². The van der Waals surface area contributed by atoms with Gasteiger partial charge in [-0.1, -0.05) is 78.1 Å². The van der Waals surface area contributed by atoms with E-state index in [2.05, 4.69) is 39.5 Å². The topological polar surface area (TPSA) is 3.24 Å². The number of hydrogen-bond acceptors (Lipinski definition) is 1. The molecule has 128 valence electrons. The minimum Gasteiger partial charge on any atom is -0.298 e. The molecule has 0 heterocycles. The van der Waals surface area contributed by atoms with Crippen molar-refractivity contribution in [1.82, 2.24) is 4.90 Å². The Morgan fingerprint density at radius 3 is 1.19 bits per heavy atom. The van der Waals surface area contributed by atoms with E-state index in [1.807, 2.05) is 0 Å². The molecular formula is C20H43N. The molecule has 0 aliphatic heterocycles. The molecule has 21 heavy (non-hydrogen) atoms. The Balaban J connectivity index is 3.74. The fourth-order valence-electron chi connectivity index (χ4n) is 2.95. The predicted octanol–water partition coefficient (Wildman–Crippen LogP) is 6.81. The fourth-order valence-corrected chi connectivity index (χ4v) is 2.95. The second kappa shape index (κ2) is 13.6. The molecule has 1 heteroatoms. The Hall–Kier alpha value is -0.0400. The van der Waals surface area contributed by atoms with Crippen LogP contribution < -0.4 is 0 Å². The SMILES string of the molecule is CCCCCCCCN(CCCCCCCC)C(C)(C)C. The first-order chi connectivity index (χ1) is 10.0. The van der Waals surface area contributed by atoms with Gasteiger partial charge in [0.2, 0.25) is 0 Å². The standard InChI is InChI=1S/C20H43N/c1-6-8-10-12-14-16-18-21(20(3,4)5)19-17-15-13-11-9-7-2/h6-19H2,1-5H3. The molecule has 0 radical (unpaired) electrons. The van der Waals surface area contributed by atoms with Gasteiger partial charge < -0.3 is 0 Å². The van der Waals surface area contributed by atoms with E-state index in [0.29, 0.717) is 5.54 Å². The number of unbranched alkanes of at least 4 members (excludes halogenated alkanes) is 10. The normalized spacial score (nSPS) is 12.3. The van der Waals surface area contributed by atoms with Gasteiger partial charge in [0.15, 0.2) is 0 Å². The second-order valence-corrected chi connectivity index (χ2v) is 7.69. The zero-order chi connectivity index (χ0) is 16.0. The van der Waals surface area contributed by atoms with Crippen molar-refractivity contribution in [2.45, 2.75) is 117 Å². The van der Waals surface area contributed by atoms with Gasteiger partial charge in [-0.05, 0) is 46.7 Å². The first-order valence-electron chi connectivity index (χ1n) is 9.77. The van der Waals surface area contributed by atoms with E-state index >= 15 is 0 Å². The van der Waals surface area contributed by atoms with Crippen LogP contribution in [0.4, 0.5) is 0 Å². The van der Waals surface area contributed by atoms with Crippen molar-refractivity contribution in [3.05, 3.63) is 0 Å². The van der Waals surface area contributed by atoms with Crippen LogP contribution in [0.1, 0.15) is 112 Å². The third-order valence-corrected chi connectivity index (χ3v) is 4.51. The van der Waals surface area contributed by atoms with E-state index in [1.165, 1.54) is 90.1 Å². The van der Waals surface area contributed by atoms with Crippen molar-refractivity contribution in [3.63, 3.8) is 0 Å². The molecule has 0 atom stereocenters. The lowest BCUT2D eigenvalue weighted by atomic mass is 10.0. The molecular weight excluding hydrogens is 254 g/mol. The molecule has 0 aromatic heterocycles. The molecule has 0 saturated carbocycles. The van der Waals surface area contributed by atoms with Gasteiger partial charge in [0.05, 0.1) is 0 Å². The lowest BCUT2D eigenvalue weighted by Crippen LogP contribution is -2.42. The monoisotopic (exact) mass is 297 g/mol. The molecule has 0 saturated heterocycles. The summed E-state index contributed by atoms with van der Waals surface area (Å²) in [5, 5.41) is 0. The molecule has 0 spiro atoms. The lowest BCUT2D eigenvalue weighted by molar-refractivity contribution is 0.130. The highest BCUT2D eigenvalue weighted by Crippen LogP contribution is 2.17. The summed E-state index contributed by atoms with van der Waals surface area (Å²) >= 11 is 0. The smallest absolute Gasteiger partial charge is 0.0125 e. The third-order valence-electron chi connectivity index (χ3n) is 4.51. The molecule has 0 aromatic rings. The van der Waals surface area contributed by atoms with Gasteiger partial charge in [0.1, 0.15) is 0 Å². The Bertz CT molecular complexity index is 188. The summed E-state index contributed by atoms with van der Waals surface area (Å²) in [5.74, 6) is 0. The summed E-state index contributed by atoms with van der Waals surface area (Å²) in [5.41, 5.74) is 0.340. The van der Waals surface area contributed by atoms with Gasteiger partial charge >= 0.3 is 0 Å². The quantitative estimate of drug-likeness (QED) is 0.318. The summed E-state index contributed by atoms with van der Waals surface area (Å²) in [7, 11) is 0. The molecule has 0 aliphatic carbocycles. The van der Waals surface area contributed by atoms with Crippen molar-refractivity contribution in [2.75, 3.05) is 13.1 Å². The van der Waals surface area contributed by atoms with Crippen molar-refractivity contribution in [3.8, 4) is 0 Å². The van der Waals surface area contributed by atoms with E-state index in [9.17, 15) is 0 Å². The number of rotatable bonds is 14. The summed E-state index contributed by atoms with van der Waals surface area (Å²) in [6.07, 6.45) is 16.9. The molecule has 0 rings (SSSR count). The first-order valence-corrected chi connectivity index (χ1v) is 9.77. The molecule has 0 bridgehead atoms. The molecule has 0 aromatic carbocycles. The van der Waals surface area contributed by atoms with Crippen molar-refractivity contribution < 1.29 is 0 Å². The van der Waals surface area contributed by atoms with Crippen molar-refractivity contribution >= 4 is 0 Å². The highest BCUT2D eigenvalue weighted by molar-refractivity contribution is 4.76. The third kappa shape index (κ3) is 13.4. The molecule has 1 nitrogen and oxygen atoms in total. The highest BCUT2D eigenvalue weighted by Gasteiger charge is 2.19. The number of nitrogens with zero attached hydrogens (tertiary/aromatic N) is 1. The van der Waals surface area contributed by atoms with Gasteiger partial charge in [0.25, 0.3) is 0 Å². The number of hydrogen-bond donors (Lipinski definition) is 0. The zero-order valence-corrected chi connectivity index (χ0v) is 15.8. The minimum atomic E-state index is 0.340. The first kappa shape index (κ1) is 21.0. The van der Waals surface area contributed by atoms with Crippen LogP contribution in [0, 0.1) is 0 Å². The van der Waals surface area contributed by atoms with E-state index < -0.39 is 0 Å². The Labute approximate surface area is 135 Å². The molecule has 0 N–H and O–H groups in total. The summed E-state index contributed by atoms with van der Waals surface area (Å²) in [6, 6.07) is 0. The second-order valence-electron chi connectivity index (χ2n) is 7.69. The van der Waals surface area contributed by atoms with Crippen LogP contribution >= 0.6 is 0 Å². The maximum atomic E-state index is 2.71. The van der Waals surface area contributed by atoms with Crippen LogP contribution in [0.5, 0.6) is 0 Å². The van der Waals surface area contributed by atoms with Crippen LogP contribution in [0.15, 0.2) is 0 Å². The summed E-state index contributed by atoms with van der Waals surface area (Å²) < 4.78 is 0. The van der Waals surface area contributed by atoms with Gasteiger partial charge in [-0.2, -0.15) is 0 Å². The maximum absolute atomic E-state index is 2.71. The minimum absolute atomic E-state index is 0.340. The maximum Gasteiger partial charge on any atom is 0.0125 e. The molecule has 0 fully saturated rings. The van der Waals surface area contributed by atoms with Gasteiger partial charge in [-0.25, -0.2) is 0 Å². The largest absolute Gasteiger partial charge is 0.298 e.